The summed E-state index contributed by atoms with van der Waals surface area (Å²) in [4.78, 5) is 21.4. The molecule has 0 saturated heterocycles. The molecule has 0 fully saturated rings. The monoisotopic (exact) mass is 250 g/mol. The second-order valence-corrected chi connectivity index (χ2v) is 3.26. The Bertz CT molecular complexity index is 248. The lowest BCUT2D eigenvalue weighted by Gasteiger charge is -2.15. The Labute approximate surface area is 98.9 Å². The van der Waals surface area contributed by atoms with Crippen LogP contribution in [0.5, 0.6) is 0 Å². The topological polar surface area (TPSA) is 117 Å². The molecule has 0 spiro atoms. The number of nitrogens with one attached hydrogen (secondary N) is 2. The van der Waals surface area contributed by atoms with Gasteiger partial charge in [0.2, 0.25) is 0 Å². The van der Waals surface area contributed by atoms with Gasteiger partial charge in [-0.3, -0.25) is 0 Å². The lowest BCUT2D eigenvalue weighted by atomic mass is 10.3. The molecule has 2 amide bonds. The van der Waals surface area contributed by atoms with Crippen LogP contribution in [0.2, 0.25) is 0 Å². The number of carboxylic acids is 1. The Balaban J connectivity index is 3.75. The van der Waals surface area contributed by atoms with Crippen molar-refractivity contribution in [2.75, 3.05) is 33.9 Å². The summed E-state index contributed by atoms with van der Waals surface area (Å²) in [6, 6.07) is -0.580. The van der Waals surface area contributed by atoms with Crippen LogP contribution in [0.15, 0.2) is 0 Å². The molecule has 8 nitrogen and oxygen atoms in total. The fourth-order valence-corrected chi connectivity index (χ4v) is 0.942. The number of urea groups is 1. The van der Waals surface area contributed by atoms with Gasteiger partial charge in [0.25, 0.3) is 0 Å². The van der Waals surface area contributed by atoms with Crippen molar-refractivity contribution in [3.63, 3.8) is 0 Å². The lowest BCUT2D eigenvalue weighted by Crippen LogP contribution is -2.45. The minimum absolute atomic E-state index is 0.222. The molecule has 0 aliphatic carbocycles. The Morgan fingerprint density at radius 1 is 1.24 bits per heavy atom. The van der Waals surface area contributed by atoms with Crippen LogP contribution in [0.25, 0.3) is 0 Å². The second-order valence-electron chi connectivity index (χ2n) is 3.26. The van der Waals surface area contributed by atoms with Crippen LogP contribution in [0.4, 0.5) is 4.79 Å². The van der Waals surface area contributed by atoms with Gasteiger partial charge in [0, 0.05) is 20.8 Å². The van der Waals surface area contributed by atoms with Gasteiger partial charge in [-0.25, -0.2) is 9.59 Å². The van der Waals surface area contributed by atoms with Gasteiger partial charge >= 0.3 is 12.0 Å². The van der Waals surface area contributed by atoms with Crippen LogP contribution in [-0.2, 0) is 14.3 Å². The Morgan fingerprint density at radius 3 is 2.29 bits per heavy atom. The molecular formula is C9H18N2O6. The standard InChI is InChI=1S/C9H18N2O6/c1-16-5-6(17-2)3-10-9(15)11-4-7(12)8(13)14/h6-7,12H,3-5H2,1-2H3,(H,13,14)(H2,10,11,15)/t6?,7-/m0/s1. The van der Waals surface area contributed by atoms with E-state index < -0.39 is 18.1 Å². The van der Waals surface area contributed by atoms with Gasteiger partial charge in [-0.2, -0.15) is 0 Å². The van der Waals surface area contributed by atoms with Crippen LogP contribution in [0.1, 0.15) is 0 Å². The van der Waals surface area contributed by atoms with E-state index in [4.69, 9.17) is 19.7 Å². The summed E-state index contributed by atoms with van der Waals surface area (Å²) >= 11 is 0. The summed E-state index contributed by atoms with van der Waals surface area (Å²) in [7, 11) is 2.99. The summed E-state index contributed by atoms with van der Waals surface area (Å²) < 4.78 is 9.84. The van der Waals surface area contributed by atoms with Crippen LogP contribution in [-0.4, -0.2) is 68.3 Å². The normalized spacial score (nSPS) is 13.8. The number of aliphatic carboxylic acids is 1. The third-order valence-electron chi connectivity index (χ3n) is 1.92. The molecule has 0 aromatic heterocycles. The van der Waals surface area contributed by atoms with E-state index in [1.54, 1.807) is 0 Å². The van der Waals surface area contributed by atoms with E-state index in [1.165, 1.54) is 14.2 Å². The van der Waals surface area contributed by atoms with Gasteiger partial charge in [0.05, 0.1) is 19.3 Å². The number of carbonyl (C=O) groups excluding carboxylic acids is 1. The molecule has 1 unspecified atom stereocenters. The van der Waals surface area contributed by atoms with Crippen LogP contribution in [0, 0.1) is 0 Å². The molecule has 0 radical (unpaired) electrons. The van der Waals surface area contributed by atoms with Crippen molar-refractivity contribution in [1.29, 1.82) is 0 Å². The first-order valence-electron chi connectivity index (χ1n) is 4.95. The molecule has 8 heteroatoms. The molecule has 0 aromatic carbocycles. The summed E-state index contributed by atoms with van der Waals surface area (Å²) in [5, 5.41) is 21.9. The maximum absolute atomic E-state index is 11.2. The molecule has 2 atom stereocenters. The van der Waals surface area contributed by atoms with Crippen molar-refractivity contribution in [2.45, 2.75) is 12.2 Å². The van der Waals surface area contributed by atoms with Crippen molar-refractivity contribution in [3.05, 3.63) is 0 Å². The first-order chi connectivity index (χ1) is 8.01. The van der Waals surface area contributed by atoms with Gasteiger partial charge in [-0.05, 0) is 0 Å². The van der Waals surface area contributed by atoms with E-state index in [2.05, 4.69) is 10.6 Å². The van der Waals surface area contributed by atoms with E-state index in [0.717, 1.165) is 0 Å². The minimum atomic E-state index is -1.61. The highest BCUT2D eigenvalue weighted by molar-refractivity contribution is 5.76. The molecule has 0 aliphatic heterocycles. The highest BCUT2D eigenvalue weighted by atomic mass is 16.5. The SMILES string of the molecule is COCC(CNC(=O)NC[C@H](O)C(=O)O)OC. The smallest absolute Gasteiger partial charge is 0.334 e. The van der Waals surface area contributed by atoms with Crippen molar-refractivity contribution < 1.29 is 29.3 Å². The zero-order chi connectivity index (χ0) is 13.3. The predicted molar refractivity (Wildman–Crippen MR) is 57.7 cm³/mol. The van der Waals surface area contributed by atoms with Crippen molar-refractivity contribution in [1.82, 2.24) is 10.6 Å². The lowest BCUT2D eigenvalue weighted by molar-refractivity contribution is -0.146. The van der Waals surface area contributed by atoms with Crippen LogP contribution < -0.4 is 10.6 Å². The average Bonchev–Trinajstić information content (AvgIpc) is 2.31. The summed E-state index contributed by atoms with van der Waals surface area (Å²) in [5.74, 6) is -1.39. The highest BCUT2D eigenvalue weighted by Gasteiger charge is 2.14. The van der Waals surface area contributed by atoms with E-state index in [1.807, 2.05) is 0 Å². The predicted octanol–water partition coefficient (Wildman–Crippen LogP) is -1.61. The zero-order valence-electron chi connectivity index (χ0n) is 9.80. The molecule has 0 rings (SSSR count). The van der Waals surface area contributed by atoms with Gasteiger partial charge in [-0.1, -0.05) is 0 Å². The molecule has 17 heavy (non-hydrogen) atoms. The van der Waals surface area contributed by atoms with Gasteiger partial charge < -0.3 is 30.3 Å². The van der Waals surface area contributed by atoms with Crippen LogP contribution >= 0.6 is 0 Å². The molecule has 100 valence electrons. The fraction of sp³-hybridized carbons (Fsp3) is 0.778. The van der Waals surface area contributed by atoms with Crippen molar-refractivity contribution in [3.8, 4) is 0 Å². The van der Waals surface area contributed by atoms with Crippen LogP contribution in [0.3, 0.4) is 0 Å². The number of aliphatic hydroxyl groups is 1. The number of carbonyl (C=O) groups is 2. The maximum atomic E-state index is 11.2. The number of hydrogen-bond donors (Lipinski definition) is 4. The number of rotatable bonds is 8. The van der Waals surface area contributed by atoms with Gasteiger partial charge in [0.1, 0.15) is 0 Å². The molecule has 0 heterocycles. The number of amides is 2. The maximum Gasteiger partial charge on any atom is 0.334 e. The molecular weight excluding hydrogens is 232 g/mol. The number of ether oxygens (including phenoxy) is 2. The van der Waals surface area contributed by atoms with Crippen molar-refractivity contribution in [2.24, 2.45) is 0 Å². The van der Waals surface area contributed by atoms with E-state index in [-0.39, 0.29) is 19.2 Å². The summed E-state index contributed by atoms with van der Waals surface area (Å²) in [6.07, 6.45) is -1.90. The molecule has 4 N–H and O–H groups in total. The third-order valence-corrected chi connectivity index (χ3v) is 1.92. The van der Waals surface area contributed by atoms with Crippen molar-refractivity contribution >= 4 is 12.0 Å². The molecule has 0 aromatic rings. The molecule has 0 saturated carbocycles. The van der Waals surface area contributed by atoms with Gasteiger partial charge in [-0.15, -0.1) is 0 Å². The molecule has 0 aliphatic rings. The first kappa shape index (κ1) is 15.6. The number of aliphatic hydroxyl groups excluding tert-OH is 1. The average molecular weight is 250 g/mol. The number of methoxy groups -OCH3 is 2. The van der Waals surface area contributed by atoms with Gasteiger partial charge in [0.15, 0.2) is 6.10 Å². The van der Waals surface area contributed by atoms with E-state index >= 15 is 0 Å². The second kappa shape index (κ2) is 8.74. The Morgan fingerprint density at radius 2 is 1.82 bits per heavy atom. The van der Waals surface area contributed by atoms with E-state index in [0.29, 0.717) is 6.61 Å². The largest absolute Gasteiger partial charge is 0.479 e. The Hall–Kier alpha value is -1.38. The molecule has 0 bridgehead atoms. The van der Waals surface area contributed by atoms with E-state index in [9.17, 15) is 9.59 Å². The fourth-order valence-electron chi connectivity index (χ4n) is 0.942. The summed E-state index contributed by atoms with van der Waals surface area (Å²) in [5.41, 5.74) is 0. The highest BCUT2D eigenvalue weighted by Crippen LogP contribution is 1.88. The quantitative estimate of drug-likeness (QED) is 0.412. The Kier molecular flexibility index (Phi) is 8.03. The third kappa shape index (κ3) is 7.50. The zero-order valence-corrected chi connectivity index (χ0v) is 9.80. The number of carboxylic acid groups (broad SMARTS) is 1. The minimum Gasteiger partial charge on any atom is -0.479 e. The number of hydrogen-bond acceptors (Lipinski definition) is 5. The first-order valence-corrected chi connectivity index (χ1v) is 4.95. The summed E-state index contributed by atoms with van der Waals surface area (Å²) in [6.45, 7) is 0.191.